The second-order valence-corrected chi connectivity index (χ2v) is 5.31. The molecule has 2 rings (SSSR count). The fourth-order valence-electron chi connectivity index (χ4n) is 2.54. The Balaban J connectivity index is 0.00000220. The number of benzene rings is 1. The molecule has 126 valence electrons. The molecule has 1 aliphatic heterocycles. The molecule has 0 bridgehead atoms. The number of carbonyl (C=O) groups is 1. The van der Waals surface area contributed by atoms with Gasteiger partial charge in [-0.3, -0.25) is 9.69 Å². The van der Waals surface area contributed by atoms with Crippen molar-refractivity contribution in [2.45, 2.75) is 12.8 Å². The van der Waals surface area contributed by atoms with Gasteiger partial charge in [0.1, 0.15) is 0 Å². The van der Waals surface area contributed by atoms with E-state index in [0.29, 0.717) is 6.42 Å². The highest BCUT2D eigenvalue weighted by Gasteiger charge is 2.20. The number of carbonyl (C=O) groups excluding carboxylic acids is 1. The highest BCUT2D eigenvalue weighted by Crippen LogP contribution is 2.06. The van der Waals surface area contributed by atoms with E-state index in [1.54, 1.807) is 0 Å². The second kappa shape index (κ2) is 11.7. The number of rotatable bonds is 6. The van der Waals surface area contributed by atoms with Crippen LogP contribution in [0.3, 0.4) is 0 Å². The van der Waals surface area contributed by atoms with Crippen molar-refractivity contribution in [3.63, 3.8) is 0 Å². The van der Waals surface area contributed by atoms with Crippen molar-refractivity contribution in [1.29, 1.82) is 0 Å². The Kier molecular flexibility index (Phi) is 11.3. The maximum atomic E-state index is 11.9. The van der Waals surface area contributed by atoms with Gasteiger partial charge in [-0.05, 0) is 19.0 Å². The van der Waals surface area contributed by atoms with Gasteiger partial charge in [0, 0.05) is 45.7 Å². The van der Waals surface area contributed by atoms with Crippen LogP contribution in [-0.4, -0.2) is 62.0 Å². The van der Waals surface area contributed by atoms with Gasteiger partial charge in [-0.1, -0.05) is 30.3 Å². The number of halogens is 2. The van der Waals surface area contributed by atoms with Crippen molar-refractivity contribution in [1.82, 2.24) is 15.1 Å². The van der Waals surface area contributed by atoms with E-state index in [-0.39, 0.29) is 30.7 Å². The minimum atomic E-state index is 0. The van der Waals surface area contributed by atoms with Gasteiger partial charge in [0.05, 0.1) is 0 Å². The zero-order valence-corrected chi connectivity index (χ0v) is 14.8. The van der Waals surface area contributed by atoms with Crippen molar-refractivity contribution in [3.8, 4) is 0 Å². The number of nitrogens with one attached hydrogen (secondary N) is 1. The molecule has 1 aliphatic rings. The van der Waals surface area contributed by atoms with Crippen molar-refractivity contribution in [3.05, 3.63) is 35.9 Å². The molecule has 0 atom stereocenters. The molecule has 4 nitrogen and oxygen atoms in total. The minimum absolute atomic E-state index is 0. The molecular formula is C16H27Cl2N3O. The van der Waals surface area contributed by atoms with Gasteiger partial charge in [0.25, 0.3) is 0 Å². The predicted molar refractivity (Wildman–Crippen MR) is 96.2 cm³/mol. The maximum Gasteiger partial charge on any atom is 0.223 e. The lowest BCUT2D eigenvalue weighted by Gasteiger charge is -2.34. The van der Waals surface area contributed by atoms with Gasteiger partial charge in [0.2, 0.25) is 5.91 Å². The summed E-state index contributed by atoms with van der Waals surface area (Å²) >= 11 is 0. The standard InChI is InChI=1S/C16H25N3O.2ClH/c1-17-9-7-16(20)19-13-11-18(12-14-19)10-8-15-5-3-2-4-6-15;;/h2-6,17H,7-14H2,1H3;2*1H. The Morgan fingerprint density at radius 3 is 2.32 bits per heavy atom. The first kappa shape index (κ1) is 21.2. The third-order valence-electron chi connectivity index (χ3n) is 3.87. The largest absolute Gasteiger partial charge is 0.340 e. The van der Waals surface area contributed by atoms with Crippen LogP contribution in [0.25, 0.3) is 0 Å². The molecule has 0 aliphatic carbocycles. The SMILES string of the molecule is CNCCC(=O)N1CCN(CCc2ccccc2)CC1.Cl.Cl. The summed E-state index contributed by atoms with van der Waals surface area (Å²) in [6, 6.07) is 10.6. The summed E-state index contributed by atoms with van der Waals surface area (Å²) in [7, 11) is 1.88. The summed E-state index contributed by atoms with van der Waals surface area (Å²) in [5, 5.41) is 3.03. The van der Waals surface area contributed by atoms with E-state index in [2.05, 4.69) is 40.5 Å². The molecular weight excluding hydrogens is 321 g/mol. The molecule has 0 unspecified atom stereocenters. The predicted octanol–water partition coefficient (Wildman–Crippen LogP) is 1.83. The highest BCUT2D eigenvalue weighted by molar-refractivity contribution is 5.85. The third kappa shape index (κ3) is 6.97. The molecule has 1 fully saturated rings. The summed E-state index contributed by atoms with van der Waals surface area (Å²) < 4.78 is 0. The fraction of sp³-hybridized carbons (Fsp3) is 0.562. The lowest BCUT2D eigenvalue weighted by molar-refractivity contribution is -0.132. The van der Waals surface area contributed by atoms with E-state index in [1.165, 1.54) is 5.56 Å². The Bertz CT molecular complexity index is 409. The Morgan fingerprint density at radius 2 is 1.73 bits per heavy atom. The van der Waals surface area contributed by atoms with Gasteiger partial charge >= 0.3 is 0 Å². The summed E-state index contributed by atoms with van der Waals surface area (Å²) in [6.45, 7) is 5.60. The van der Waals surface area contributed by atoms with E-state index in [9.17, 15) is 4.79 Å². The smallest absolute Gasteiger partial charge is 0.223 e. The normalized spacial score (nSPS) is 14.9. The van der Waals surface area contributed by atoms with E-state index < -0.39 is 0 Å². The average molecular weight is 348 g/mol. The third-order valence-corrected chi connectivity index (χ3v) is 3.87. The van der Waals surface area contributed by atoms with E-state index in [4.69, 9.17) is 0 Å². The molecule has 0 radical (unpaired) electrons. The molecule has 1 aromatic carbocycles. The zero-order valence-electron chi connectivity index (χ0n) is 13.2. The van der Waals surface area contributed by atoms with Crippen LogP contribution in [0.15, 0.2) is 30.3 Å². The molecule has 6 heteroatoms. The van der Waals surface area contributed by atoms with Crippen LogP contribution in [0.1, 0.15) is 12.0 Å². The molecule has 0 spiro atoms. The Labute approximate surface area is 146 Å². The van der Waals surface area contributed by atoms with Gasteiger partial charge in [0.15, 0.2) is 0 Å². The minimum Gasteiger partial charge on any atom is -0.340 e. The summed E-state index contributed by atoms with van der Waals surface area (Å²) in [4.78, 5) is 16.4. The van der Waals surface area contributed by atoms with Crippen LogP contribution in [0, 0.1) is 0 Å². The number of hydrogen-bond donors (Lipinski definition) is 1. The Morgan fingerprint density at radius 1 is 1.09 bits per heavy atom. The first-order valence-corrected chi connectivity index (χ1v) is 7.48. The summed E-state index contributed by atoms with van der Waals surface area (Å²) in [6.07, 6.45) is 1.70. The van der Waals surface area contributed by atoms with Crippen molar-refractivity contribution in [2.75, 3.05) is 46.3 Å². The first-order chi connectivity index (χ1) is 9.79. The molecule has 1 saturated heterocycles. The molecule has 0 saturated carbocycles. The molecule has 1 heterocycles. The maximum absolute atomic E-state index is 11.9. The monoisotopic (exact) mass is 347 g/mol. The van der Waals surface area contributed by atoms with Gasteiger partial charge in [-0.25, -0.2) is 0 Å². The Hall–Kier alpha value is -0.810. The van der Waals surface area contributed by atoms with Crippen molar-refractivity contribution >= 4 is 30.7 Å². The highest BCUT2D eigenvalue weighted by atomic mass is 35.5. The number of hydrogen-bond acceptors (Lipinski definition) is 3. The van der Waals surface area contributed by atoms with Crippen molar-refractivity contribution in [2.24, 2.45) is 0 Å². The quantitative estimate of drug-likeness (QED) is 0.852. The lowest BCUT2D eigenvalue weighted by Crippen LogP contribution is -2.49. The van der Waals surface area contributed by atoms with Crippen LogP contribution in [0.2, 0.25) is 0 Å². The van der Waals surface area contributed by atoms with Gasteiger partial charge < -0.3 is 10.2 Å². The lowest BCUT2D eigenvalue weighted by atomic mass is 10.1. The van der Waals surface area contributed by atoms with E-state index in [0.717, 1.165) is 45.7 Å². The molecule has 1 N–H and O–H groups in total. The number of amides is 1. The van der Waals surface area contributed by atoms with Crippen LogP contribution in [0.5, 0.6) is 0 Å². The average Bonchev–Trinajstić information content (AvgIpc) is 2.52. The molecule has 1 aromatic rings. The summed E-state index contributed by atoms with van der Waals surface area (Å²) in [5.74, 6) is 0.280. The van der Waals surface area contributed by atoms with Crippen LogP contribution < -0.4 is 5.32 Å². The number of nitrogens with zero attached hydrogens (tertiary/aromatic N) is 2. The van der Waals surface area contributed by atoms with E-state index in [1.807, 2.05) is 11.9 Å². The molecule has 1 amide bonds. The topological polar surface area (TPSA) is 35.6 Å². The first-order valence-electron chi connectivity index (χ1n) is 7.48. The van der Waals surface area contributed by atoms with Crippen LogP contribution >= 0.6 is 24.8 Å². The van der Waals surface area contributed by atoms with Crippen molar-refractivity contribution < 1.29 is 4.79 Å². The van der Waals surface area contributed by atoms with Crippen LogP contribution in [-0.2, 0) is 11.2 Å². The van der Waals surface area contributed by atoms with Gasteiger partial charge in [-0.2, -0.15) is 0 Å². The zero-order chi connectivity index (χ0) is 14.2. The molecule has 0 aromatic heterocycles. The molecule has 22 heavy (non-hydrogen) atoms. The fourth-order valence-corrected chi connectivity index (χ4v) is 2.54. The van der Waals surface area contributed by atoms with E-state index >= 15 is 0 Å². The van der Waals surface area contributed by atoms with Crippen LogP contribution in [0.4, 0.5) is 0 Å². The second-order valence-electron chi connectivity index (χ2n) is 5.31. The number of piperazine rings is 1. The summed E-state index contributed by atoms with van der Waals surface area (Å²) in [5.41, 5.74) is 1.39. The van der Waals surface area contributed by atoms with Gasteiger partial charge in [-0.15, -0.1) is 24.8 Å².